The Morgan fingerprint density at radius 1 is 1.04 bits per heavy atom. The highest BCUT2D eigenvalue weighted by Gasteiger charge is 2.35. The number of rotatable bonds is 5. The summed E-state index contributed by atoms with van der Waals surface area (Å²) >= 11 is 1.46. The number of hydrogen-bond acceptors (Lipinski definition) is 4. The molecule has 2 amide bonds. The summed E-state index contributed by atoms with van der Waals surface area (Å²) in [5.41, 5.74) is 3.47. The maximum absolute atomic E-state index is 12.6. The number of imidazole rings is 1. The van der Waals surface area contributed by atoms with Crippen LogP contribution in [0.5, 0.6) is 0 Å². The van der Waals surface area contributed by atoms with Crippen LogP contribution >= 0.6 is 11.8 Å². The molecular weight excluding hydrogens is 372 g/mol. The number of piperazine rings is 1. The lowest BCUT2D eigenvalue weighted by Gasteiger charge is -2.34. The molecule has 2 aromatic rings. The Labute approximate surface area is 169 Å². The fraction of sp³-hybridized carbons (Fsp3) is 0.476. The van der Waals surface area contributed by atoms with Crippen molar-refractivity contribution in [3.8, 4) is 5.69 Å². The molecular formula is C21H26N4O2S. The van der Waals surface area contributed by atoms with E-state index in [2.05, 4.69) is 37.0 Å². The van der Waals surface area contributed by atoms with E-state index in [1.807, 2.05) is 20.6 Å². The van der Waals surface area contributed by atoms with Crippen LogP contribution in [0.4, 0.5) is 0 Å². The molecule has 7 heteroatoms. The first-order valence-electron chi connectivity index (χ1n) is 9.82. The van der Waals surface area contributed by atoms with Crippen molar-refractivity contribution in [2.24, 2.45) is 5.92 Å². The molecule has 1 saturated heterocycles. The van der Waals surface area contributed by atoms with E-state index in [0.29, 0.717) is 31.9 Å². The number of amides is 2. The summed E-state index contributed by atoms with van der Waals surface area (Å²) < 4.78 is 2.03. The van der Waals surface area contributed by atoms with Crippen LogP contribution in [0.1, 0.15) is 24.0 Å². The van der Waals surface area contributed by atoms with Crippen molar-refractivity contribution in [1.29, 1.82) is 0 Å². The molecule has 1 aromatic heterocycles. The fourth-order valence-corrected chi connectivity index (χ4v) is 4.54. The van der Waals surface area contributed by atoms with E-state index in [-0.39, 0.29) is 17.7 Å². The maximum atomic E-state index is 12.6. The Bertz CT molecular complexity index is 862. The SMILES string of the molecule is Cc1cc(C)cc(-n2ccnc2SCC(=O)N2CCN(C(=O)C3CC3)CC2)c1. The molecule has 2 aliphatic rings. The van der Waals surface area contributed by atoms with Gasteiger partial charge in [0.25, 0.3) is 0 Å². The van der Waals surface area contributed by atoms with Crippen LogP contribution in [0.15, 0.2) is 35.7 Å². The zero-order chi connectivity index (χ0) is 19.7. The minimum Gasteiger partial charge on any atom is -0.339 e. The van der Waals surface area contributed by atoms with E-state index in [0.717, 1.165) is 23.7 Å². The lowest BCUT2D eigenvalue weighted by atomic mass is 10.1. The minimum atomic E-state index is 0.110. The normalized spacial score (nSPS) is 17.1. The van der Waals surface area contributed by atoms with Crippen LogP contribution in [0, 0.1) is 19.8 Å². The van der Waals surface area contributed by atoms with Crippen molar-refractivity contribution in [2.45, 2.75) is 31.8 Å². The van der Waals surface area contributed by atoms with Gasteiger partial charge in [-0.1, -0.05) is 17.8 Å². The molecule has 0 atom stereocenters. The Balaban J connectivity index is 1.33. The molecule has 2 heterocycles. The number of aryl methyl sites for hydroxylation is 2. The lowest BCUT2D eigenvalue weighted by molar-refractivity contribution is -0.139. The van der Waals surface area contributed by atoms with Crippen LogP contribution in [-0.4, -0.2) is 63.1 Å². The first kappa shape index (κ1) is 19.1. The average Bonchev–Trinajstić information content (AvgIpc) is 3.42. The minimum absolute atomic E-state index is 0.110. The van der Waals surface area contributed by atoms with Gasteiger partial charge in [-0.3, -0.25) is 14.2 Å². The molecule has 4 rings (SSSR count). The molecule has 0 N–H and O–H groups in total. The summed E-state index contributed by atoms with van der Waals surface area (Å²) in [6, 6.07) is 6.39. The number of nitrogens with zero attached hydrogens (tertiary/aromatic N) is 4. The van der Waals surface area contributed by atoms with Crippen molar-refractivity contribution >= 4 is 23.6 Å². The number of benzene rings is 1. The second-order valence-corrected chi connectivity index (χ2v) is 8.64. The van der Waals surface area contributed by atoms with E-state index in [1.165, 1.54) is 22.9 Å². The monoisotopic (exact) mass is 398 g/mol. The fourth-order valence-electron chi connectivity index (χ4n) is 3.67. The molecule has 2 fully saturated rings. The summed E-state index contributed by atoms with van der Waals surface area (Å²) in [5, 5.41) is 0.820. The van der Waals surface area contributed by atoms with Gasteiger partial charge >= 0.3 is 0 Å². The molecule has 1 aromatic carbocycles. The quantitative estimate of drug-likeness (QED) is 0.727. The predicted molar refractivity (Wildman–Crippen MR) is 110 cm³/mol. The molecule has 1 aliphatic heterocycles. The molecule has 1 saturated carbocycles. The molecule has 0 unspecified atom stereocenters. The lowest BCUT2D eigenvalue weighted by Crippen LogP contribution is -2.51. The van der Waals surface area contributed by atoms with Crippen LogP contribution in [0.25, 0.3) is 5.69 Å². The zero-order valence-corrected chi connectivity index (χ0v) is 17.2. The Morgan fingerprint density at radius 3 is 2.32 bits per heavy atom. The van der Waals surface area contributed by atoms with E-state index in [4.69, 9.17) is 0 Å². The van der Waals surface area contributed by atoms with Gasteiger partial charge in [-0.05, 0) is 49.9 Å². The van der Waals surface area contributed by atoms with Crippen LogP contribution in [-0.2, 0) is 9.59 Å². The molecule has 28 heavy (non-hydrogen) atoms. The molecule has 0 bridgehead atoms. The summed E-state index contributed by atoms with van der Waals surface area (Å²) in [4.78, 5) is 33.0. The number of carbonyl (C=O) groups excluding carboxylic acids is 2. The van der Waals surface area contributed by atoms with Crippen molar-refractivity contribution in [3.05, 3.63) is 41.7 Å². The topological polar surface area (TPSA) is 58.4 Å². The number of carbonyl (C=O) groups is 2. The van der Waals surface area contributed by atoms with Crippen molar-refractivity contribution in [1.82, 2.24) is 19.4 Å². The summed E-state index contributed by atoms with van der Waals surface area (Å²) in [7, 11) is 0. The third kappa shape index (κ3) is 4.24. The van der Waals surface area contributed by atoms with Gasteiger partial charge < -0.3 is 9.80 Å². The van der Waals surface area contributed by atoms with Crippen LogP contribution < -0.4 is 0 Å². The Morgan fingerprint density at radius 2 is 1.68 bits per heavy atom. The Hall–Kier alpha value is -2.28. The molecule has 0 spiro atoms. The first-order chi connectivity index (χ1) is 13.5. The molecule has 148 valence electrons. The largest absolute Gasteiger partial charge is 0.339 e. The van der Waals surface area contributed by atoms with E-state index in [9.17, 15) is 9.59 Å². The van der Waals surface area contributed by atoms with E-state index < -0.39 is 0 Å². The summed E-state index contributed by atoms with van der Waals surface area (Å²) in [6.07, 6.45) is 5.76. The van der Waals surface area contributed by atoms with Gasteiger partial charge in [0.1, 0.15) is 0 Å². The van der Waals surface area contributed by atoms with E-state index in [1.54, 1.807) is 6.20 Å². The second kappa shape index (κ2) is 7.99. The predicted octanol–water partition coefficient (Wildman–Crippen LogP) is 2.66. The average molecular weight is 399 g/mol. The van der Waals surface area contributed by atoms with Gasteiger partial charge in [0.05, 0.1) is 5.75 Å². The van der Waals surface area contributed by atoms with Gasteiger partial charge in [0.2, 0.25) is 11.8 Å². The number of hydrogen-bond donors (Lipinski definition) is 0. The third-order valence-corrected chi connectivity index (χ3v) is 6.24. The second-order valence-electron chi connectivity index (χ2n) is 7.69. The number of aromatic nitrogens is 2. The summed E-state index contributed by atoms with van der Waals surface area (Å²) in [5.74, 6) is 0.996. The van der Waals surface area contributed by atoms with Gasteiger partial charge in [0, 0.05) is 50.2 Å². The standard InChI is InChI=1S/C21H26N4O2S/c1-15-11-16(2)13-18(12-15)25-6-5-22-21(25)28-14-19(26)23-7-9-24(10-8-23)20(27)17-3-4-17/h5-6,11-13,17H,3-4,7-10,14H2,1-2H3. The number of thioether (sulfide) groups is 1. The van der Waals surface area contributed by atoms with Gasteiger partial charge in [-0.2, -0.15) is 0 Å². The van der Waals surface area contributed by atoms with Crippen molar-refractivity contribution in [2.75, 3.05) is 31.9 Å². The van der Waals surface area contributed by atoms with Gasteiger partial charge in [0.15, 0.2) is 5.16 Å². The molecule has 1 aliphatic carbocycles. The van der Waals surface area contributed by atoms with Crippen LogP contribution in [0.2, 0.25) is 0 Å². The first-order valence-corrected chi connectivity index (χ1v) is 10.8. The zero-order valence-electron chi connectivity index (χ0n) is 16.4. The molecule has 6 nitrogen and oxygen atoms in total. The Kier molecular flexibility index (Phi) is 5.44. The van der Waals surface area contributed by atoms with Gasteiger partial charge in [-0.15, -0.1) is 0 Å². The van der Waals surface area contributed by atoms with Gasteiger partial charge in [-0.25, -0.2) is 4.98 Å². The third-order valence-electron chi connectivity index (χ3n) is 5.29. The smallest absolute Gasteiger partial charge is 0.233 e. The molecule has 0 radical (unpaired) electrons. The maximum Gasteiger partial charge on any atom is 0.233 e. The van der Waals surface area contributed by atoms with Crippen LogP contribution in [0.3, 0.4) is 0 Å². The highest BCUT2D eigenvalue weighted by atomic mass is 32.2. The highest BCUT2D eigenvalue weighted by Crippen LogP contribution is 2.31. The van der Waals surface area contributed by atoms with Crippen molar-refractivity contribution < 1.29 is 9.59 Å². The van der Waals surface area contributed by atoms with Crippen molar-refractivity contribution in [3.63, 3.8) is 0 Å². The highest BCUT2D eigenvalue weighted by molar-refractivity contribution is 7.99. The summed E-state index contributed by atoms with van der Waals surface area (Å²) in [6.45, 7) is 6.73. The van der Waals surface area contributed by atoms with E-state index >= 15 is 0 Å².